The second kappa shape index (κ2) is 4.29. The summed E-state index contributed by atoms with van der Waals surface area (Å²) in [6.07, 6.45) is -0.254. The Labute approximate surface area is 66.5 Å². The van der Waals surface area contributed by atoms with Crippen LogP contribution in [0.3, 0.4) is 0 Å². The van der Waals surface area contributed by atoms with Crippen LogP contribution in [-0.4, -0.2) is 43.8 Å². The molecule has 1 saturated heterocycles. The first kappa shape index (κ1) is 8.47. The molecule has 62 valence electrons. The fourth-order valence-corrected chi connectivity index (χ4v) is 1.17. The molecule has 2 N–H and O–H groups in total. The Bertz CT molecular complexity index is 152. The van der Waals surface area contributed by atoms with Gasteiger partial charge in [-0.15, -0.1) is 0 Å². The molecule has 0 aromatic heterocycles. The van der Waals surface area contributed by atoms with E-state index in [2.05, 4.69) is 11.0 Å². The van der Waals surface area contributed by atoms with Gasteiger partial charge in [0.05, 0.1) is 12.7 Å². The number of nitrogens with zero attached hydrogens (tertiary/aromatic N) is 2. The Morgan fingerprint density at radius 1 is 1.73 bits per heavy atom. The minimum atomic E-state index is -0.254. The smallest absolute Gasteiger partial charge is 0.156 e. The summed E-state index contributed by atoms with van der Waals surface area (Å²) in [5.41, 5.74) is 5.38. The SMILES string of the molecule is N#CC1CN(CCN)CCO1. The second-order valence-corrected chi connectivity index (χ2v) is 2.58. The summed E-state index contributed by atoms with van der Waals surface area (Å²) in [7, 11) is 0. The molecule has 0 spiro atoms. The Morgan fingerprint density at radius 3 is 3.18 bits per heavy atom. The van der Waals surface area contributed by atoms with Crippen molar-refractivity contribution in [3.05, 3.63) is 0 Å². The first-order valence-electron chi connectivity index (χ1n) is 3.80. The minimum Gasteiger partial charge on any atom is -0.361 e. The molecular formula is C7H13N3O. The predicted octanol–water partition coefficient (Wildman–Crippen LogP) is -0.831. The fraction of sp³-hybridized carbons (Fsp3) is 0.857. The van der Waals surface area contributed by atoms with E-state index in [0.29, 0.717) is 19.7 Å². The normalized spacial score (nSPS) is 26.4. The Kier molecular flexibility index (Phi) is 3.30. The summed E-state index contributed by atoms with van der Waals surface area (Å²) >= 11 is 0. The first-order chi connectivity index (χ1) is 5.36. The molecule has 4 nitrogen and oxygen atoms in total. The van der Waals surface area contributed by atoms with E-state index in [-0.39, 0.29) is 6.10 Å². The maximum absolute atomic E-state index is 8.54. The maximum atomic E-state index is 8.54. The van der Waals surface area contributed by atoms with E-state index in [9.17, 15) is 0 Å². The molecule has 4 heteroatoms. The number of rotatable bonds is 2. The van der Waals surface area contributed by atoms with Crippen LogP contribution in [0.4, 0.5) is 0 Å². The van der Waals surface area contributed by atoms with Gasteiger partial charge in [-0.05, 0) is 0 Å². The molecule has 0 aromatic carbocycles. The van der Waals surface area contributed by atoms with Gasteiger partial charge in [-0.2, -0.15) is 5.26 Å². The highest BCUT2D eigenvalue weighted by Gasteiger charge is 2.18. The van der Waals surface area contributed by atoms with Gasteiger partial charge < -0.3 is 10.5 Å². The summed E-state index contributed by atoms with van der Waals surface area (Å²) in [4.78, 5) is 2.15. The third-order valence-corrected chi connectivity index (χ3v) is 1.74. The van der Waals surface area contributed by atoms with Crippen LogP contribution in [0.25, 0.3) is 0 Å². The van der Waals surface area contributed by atoms with Crippen molar-refractivity contribution < 1.29 is 4.74 Å². The highest BCUT2D eigenvalue weighted by molar-refractivity contribution is 4.89. The predicted molar refractivity (Wildman–Crippen MR) is 40.8 cm³/mol. The van der Waals surface area contributed by atoms with Crippen LogP contribution in [0.1, 0.15) is 0 Å². The monoisotopic (exact) mass is 155 g/mol. The van der Waals surface area contributed by atoms with E-state index in [1.54, 1.807) is 0 Å². The largest absolute Gasteiger partial charge is 0.361 e. The van der Waals surface area contributed by atoms with Crippen molar-refractivity contribution in [3.63, 3.8) is 0 Å². The molecule has 0 amide bonds. The molecule has 1 aliphatic rings. The van der Waals surface area contributed by atoms with E-state index in [0.717, 1.165) is 13.1 Å². The second-order valence-electron chi connectivity index (χ2n) is 2.58. The van der Waals surface area contributed by atoms with Gasteiger partial charge in [-0.25, -0.2) is 0 Å². The average Bonchev–Trinajstić information content (AvgIpc) is 2.06. The van der Waals surface area contributed by atoms with Crippen LogP contribution >= 0.6 is 0 Å². The highest BCUT2D eigenvalue weighted by atomic mass is 16.5. The standard InChI is InChI=1S/C7H13N3O/c8-1-2-10-3-4-11-7(5-9)6-10/h7H,1-4,6,8H2. The lowest BCUT2D eigenvalue weighted by atomic mass is 10.3. The van der Waals surface area contributed by atoms with Crippen molar-refractivity contribution in [2.24, 2.45) is 5.73 Å². The van der Waals surface area contributed by atoms with Crippen LogP contribution < -0.4 is 5.73 Å². The lowest BCUT2D eigenvalue weighted by molar-refractivity contribution is 0.00185. The van der Waals surface area contributed by atoms with Crippen molar-refractivity contribution in [3.8, 4) is 6.07 Å². The van der Waals surface area contributed by atoms with E-state index in [4.69, 9.17) is 15.7 Å². The zero-order chi connectivity index (χ0) is 8.10. The third kappa shape index (κ3) is 2.46. The van der Waals surface area contributed by atoms with Crippen molar-refractivity contribution >= 4 is 0 Å². The molecule has 1 rings (SSSR count). The Hall–Kier alpha value is -0.630. The maximum Gasteiger partial charge on any atom is 0.156 e. The number of ether oxygens (including phenoxy) is 1. The van der Waals surface area contributed by atoms with Crippen molar-refractivity contribution in [2.75, 3.05) is 32.8 Å². The van der Waals surface area contributed by atoms with E-state index >= 15 is 0 Å². The van der Waals surface area contributed by atoms with E-state index in [1.165, 1.54) is 0 Å². The first-order valence-corrected chi connectivity index (χ1v) is 3.80. The summed E-state index contributed by atoms with van der Waals surface area (Å²) in [5.74, 6) is 0. The summed E-state index contributed by atoms with van der Waals surface area (Å²) in [6, 6.07) is 2.09. The topological polar surface area (TPSA) is 62.3 Å². The molecule has 11 heavy (non-hydrogen) atoms. The summed E-state index contributed by atoms with van der Waals surface area (Å²) in [6.45, 7) is 3.76. The molecule has 0 radical (unpaired) electrons. The summed E-state index contributed by atoms with van der Waals surface area (Å²) < 4.78 is 5.16. The van der Waals surface area contributed by atoms with E-state index in [1.807, 2.05) is 0 Å². The van der Waals surface area contributed by atoms with Gasteiger partial charge in [0, 0.05) is 26.2 Å². The van der Waals surface area contributed by atoms with Crippen LogP contribution in [0.2, 0.25) is 0 Å². The van der Waals surface area contributed by atoms with Gasteiger partial charge in [-0.1, -0.05) is 0 Å². The minimum absolute atomic E-state index is 0.254. The van der Waals surface area contributed by atoms with Crippen molar-refractivity contribution in [1.29, 1.82) is 5.26 Å². The molecule has 1 unspecified atom stereocenters. The van der Waals surface area contributed by atoms with Crippen molar-refractivity contribution in [2.45, 2.75) is 6.10 Å². The molecular weight excluding hydrogens is 142 g/mol. The Morgan fingerprint density at radius 2 is 2.55 bits per heavy atom. The number of hydrogen-bond donors (Lipinski definition) is 1. The van der Waals surface area contributed by atoms with Crippen LogP contribution in [-0.2, 0) is 4.74 Å². The quantitative estimate of drug-likeness (QED) is 0.565. The van der Waals surface area contributed by atoms with Gasteiger partial charge in [0.25, 0.3) is 0 Å². The molecule has 0 saturated carbocycles. The van der Waals surface area contributed by atoms with Gasteiger partial charge in [0.15, 0.2) is 6.10 Å². The zero-order valence-corrected chi connectivity index (χ0v) is 6.49. The number of hydrogen-bond acceptors (Lipinski definition) is 4. The molecule has 0 aliphatic carbocycles. The number of nitrogens with two attached hydrogens (primary N) is 1. The zero-order valence-electron chi connectivity index (χ0n) is 6.49. The molecule has 1 atom stereocenters. The lowest BCUT2D eigenvalue weighted by Gasteiger charge is -2.28. The number of nitriles is 1. The van der Waals surface area contributed by atoms with Crippen LogP contribution in [0.15, 0.2) is 0 Å². The average molecular weight is 155 g/mol. The molecule has 0 aromatic rings. The van der Waals surface area contributed by atoms with Crippen LogP contribution in [0, 0.1) is 11.3 Å². The van der Waals surface area contributed by atoms with Gasteiger partial charge in [0.2, 0.25) is 0 Å². The molecule has 0 bridgehead atoms. The van der Waals surface area contributed by atoms with Crippen LogP contribution in [0.5, 0.6) is 0 Å². The molecule has 1 aliphatic heterocycles. The van der Waals surface area contributed by atoms with E-state index < -0.39 is 0 Å². The molecule has 1 fully saturated rings. The van der Waals surface area contributed by atoms with Gasteiger partial charge in [-0.3, -0.25) is 4.90 Å². The Balaban J connectivity index is 2.29. The fourth-order valence-electron chi connectivity index (χ4n) is 1.17. The lowest BCUT2D eigenvalue weighted by Crippen LogP contribution is -2.43. The third-order valence-electron chi connectivity index (χ3n) is 1.74. The number of morpholine rings is 1. The molecule has 1 heterocycles. The highest BCUT2D eigenvalue weighted by Crippen LogP contribution is 2.02. The van der Waals surface area contributed by atoms with Crippen molar-refractivity contribution in [1.82, 2.24) is 4.90 Å². The van der Waals surface area contributed by atoms with Gasteiger partial charge in [0.1, 0.15) is 0 Å². The summed E-state index contributed by atoms with van der Waals surface area (Å²) in [5, 5.41) is 8.54. The van der Waals surface area contributed by atoms with Gasteiger partial charge >= 0.3 is 0 Å².